The minimum Gasteiger partial charge on any atom is -0.327 e. The van der Waals surface area contributed by atoms with Gasteiger partial charge < -0.3 is 4.90 Å². The highest BCUT2D eigenvalue weighted by Gasteiger charge is 2.44. The van der Waals surface area contributed by atoms with Crippen molar-refractivity contribution in [2.75, 3.05) is 0 Å². The third-order valence-corrected chi connectivity index (χ3v) is 8.02. The molecule has 5 nitrogen and oxygen atoms in total. The lowest BCUT2D eigenvalue weighted by Gasteiger charge is -2.45. The lowest BCUT2D eigenvalue weighted by atomic mass is 9.82. The van der Waals surface area contributed by atoms with E-state index in [1.807, 2.05) is 35.2 Å². The Morgan fingerprint density at radius 3 is 2.79 bits per heavy atom. The molecule has 2 bridgehead atoms. The van der Waals surface area contributed by atoms with E-state index >= 15 is 0 Å². The van der Waals surface area contributed by atoms with Gasteiger partial charge in [-0.1, -0.05) is 6.07 Å². The van der Waals surface area contributed by atoms with Crippen LogP contribution in [0.1, 0.15) is 51.8 Å². The molecule has 5 heterocycles. The lowest BCUT2D eigenvalue weighted by Crippen LogP contribution is -2.49. The molecule has 1 saturated heterocycles. The van der Waals surface area contributed by atoms with Crippen LogP contribution in [0.3, 0.4) is 0 Å². The topological polar surface area (TPSA) is 51.0 Å². The van der Waals surface area contributed by atoms with Crippen molar-refractivity contribution in [3.63, 3.8) is 0 Å². The number of carbonyl (C=O) groups excluding carboxylic acids is 1. The summed E-state index contributed by atoms with van der Waals surface area (Å²) in [4.78, 5) is 19.9. The van der Waals surface area contributed by atoms with Crippen LogP contribution in [0.25, 0.3) is 21.5 Å². The second kappa shape index (κ2) is 7.66. The van der Waals surface area contributed by atoms with Gasteiger partial charge in [0, 0.05) is 35.8 Å². The van der Waals surface area contributed by atoms with Crippen molar-refractivity contribution in [2.24, 2.45) is 7.05 Å². The van der Waals surface area contributed by atoms with Crippen molar-refractivity contribution < 1.29 is 18.0 Å². The van der Waals surface area contributed by atoms with Crippen LogP contribution in [0.2, 0.25) is 0 Å². The van der Waals surface area contributed by atoms with Crippen LogP contribution >= 0.6 is 11.3 Å². The third-order valence-electron chi connectivity index (χ3n) is 6.88. The van der Waals surface area contributed by atoms with Crippen molar-refractivity contribution in [2.45, 2.75) is 43.9 Å². The van der Waals surface area contributed by atoms with Crippen LogP contribution in [0.15, 0.2) is 48.7 Å². The van der Waals surface area contributed by atoms with E-state index in [4.69, 9.17) is 5.10 Å². The highest BCUT2D eigenvalue weighted by molar-refractivity contribution is 7.15. The van der Waals surface area contributed by atoms with Gasteiger partial charge >= 0.3 is 6.18 Å². The molecular weight excluding hydrogens is 461 g/mol. The average Bonchev–Trinajstić information content (AvgIpc) is 3.42. The van der Waals surface area contributed by atoms with Gasteiger partial charge in [-0.05, 0) is 62.1 Å². The smallest absolute Gasteiger partial charge is 0.327 e. The minimum atomic E-state index is -4.36. The van der Waals surface area contributed by atoms with E-state index in [1.54, 1.807) is 17.9 Å². The molecule has 4 aromatic rings. The Kier molecular flexibility index (Phi) is 4.81. The molecule has 174 valence electrons. The Labute approximate surface area is 197 Å². The molecule has 0 spiro atoms. The van der Waals surface area contributed by atoms with Crippen molar-refractivity contribution in [3.05, 3.63) is 70.4 Å². The fourth-order valence-corrected chi connectivity index (χ4v) is 6.41. The Morgan fingerprint density at radius 2 is 2.00 bits per heavy atom. The first-order valence-electron chi connectivity index (χ1n) is 11.2. The summed E-state index contributed by atoms with van der Waals surface area (Å²) in [7, 11) is 1.77. The normalized spacial score (nSPS) is 19.9. The molecular formula is C25H21F3N4OS. The molecule has 34 heavy (non-hydrogen) atoms. The van der Waals surface area contributed by atoms with Gasteiger partial charge in [-0.15, -0.1) is 11.3 Å². The lowest BCUT2D eigenvalue weighted by molar-refractivity contribution is -0.134. The number of amides is 1. The van der Waals surface area contributed by atoms with E-state index < -0.39 is 11.1 Å². The molecule has 1 aromatic carbocycles. The number of hydrogen-bond donors (Lipinski definition) is 0. The summed E-state index contributed by atoms with van der Waals surface area (Å²) >= 11 is 0.745. The van der Waals surface area contributed by atoms with Crippen LogP contribution < -0.4 is 0 Å². The monoisotopic (exact) mass is 482 g/mol. The number of nitrogens with zero attached hydrogens (tertiary/aromatic N) is 4. The quantitative estimate of drug-likeness (QED) is 0.352. The first-order valence-corrected chi connectivity index (χ1v) is 12.0. The Balaban J connectivity index is 1.39. The SMILES string of the molecule is Cn1nc2c(c1-c1ccc(C(F)(F)F)s1)C[C@H]1CCC[C@@H]2N1C(=O)c1ccc2ncccc2c1. The predicted octanol–water partition coefficient (Wildman–Crippen LogP) is 6.01. The zero-order valence-corrected chi connectivity index (χ0v) is 19.2. The summed E-state index contributed by atoms with van der Waals surface area (Å²) in [6, 6.07) is 11.8. The molecule has 2 aliphatic rings. The van der Waals surface area contributed by atoms with Crippen LogP contribution in [-0.4, -0.2) is 31.6 Å². The van der Waals surface area contributed by atoms with Gasteiger partial charge in [-0.3, -0.25) is 14.5 Å². The summed E-state index contributed by atoms with van der Waals surface area (Å²) < 4.78 is 41.3. The number of rotatable bonds is 2. The maximum atomic E-state index is 13.7. The number of alkyl halides is 3. The van der Waals surface area contributed by atoms with E-state index in [0.717, 1.165) is 64.5 Å². The molecule has 0 saturated carbocycles. The maximum absolute atomic E-state index is 13.7. The number of aryl methyl sites for hydroxylation is 1. The van der Waals surface area contributed by atoms with Gasteiger partial charge in [0.25, 0.3) is 5.91 Å². The third kappa shape index (κ3) is 3.33. The van der Waals surface area contributed by atoms with Gasteiger partial charge in [0.2, 0.25) is 0 Å². The van der Waals surface area contributed by atoms with Crippen molar-refractivity contribution in [3.8, 4) is 10.6 Å². The number of thiophene rings is 1. The molecule has 0 N–H and O–H groups in total. The van der Waals surface area contributed by atoms with E-state index in [-0.39, 0.29) is 18.0 Å². The predicted molar refractivity (Wildman–Crippen MR) is 124 cm³/mol. The second-order valence-corrected chi connectivity index (χ2v) is 10.0. The summed E-state index contributed by atoms with van der Waals surface area (Å²) in [5, 5.41) is 5.65. The van der Waals surface area contributed by atoms with E-state index in [2.05, 4.69) is 4.98 Å². The number of fused-ring (bicyclic) bond motifs is 5. The van der Waals surface area contributed by atoms with Gasteiger partial charge in [0.1, 0.15) is 4.88 Å². The second-order valence-electron chi connectivity index (χ2n) is 8.93. The average molecular weight is 483 g/mol. The molecule has 2 atom stereocenters. The minimum absolute atomic E-state index is 0.00616. The van der Waals surface area contributed by atoms with Crippen molar-refractivity contribution >= 4 is 28.1 Å². The molecule has 1 fully saturated rings. The maximum Gasteiger partial charge on any atom is 0.425 e. The molecule has 0 aliphatic carbocycles. The van der Waals surface area contributed by atoms with E-state index in [0.29, 0.717) is 16.9 Å². The summed E-state index contributed by atoms with van der Waals surface area (Å²) in [6.45, 7) is 0. The summed E-state index contributed by atoms with van der Waals surface area (Å²) in [6.07, 6.45) is 0.599. The molecule has 9 heteroatoms. The van der Waals surface area contributed by atoms with Gasteiger partial charge in [0.05, 0.1) is 27.8 Å². The zero-order valence-electron chi connectivity index (χ0n) is 18.3. The number of hydrogen-bond acceptors (Lipinski definition) is 4. The standard InChI is InChI=1S/C25H21F3N4OS/c1-31-23(20-9-10-21(34-20)25(26,27)28)17-13-16-5-2-6-19(22(17)30-31)32(16)24(33)15-7-8-18-14(12-15)4-3-11-29-18/h3-4,7-12,16,19H,2,5-6,13H2,1H3/t16-,19+/m1/s1. The zero-order chi connectivity index (χ0) is 23.6. The number of halogens is 3. The number of piperidine rings is 1. The summed E-state index contributed by atoms with van der Waals surface area (Å²) in [5.41, 5.74) is 3.97. The fourth-order valence-electron chi connectivity index (χ4n) is 5.43. The van der Waals surface area contributed by atoms with Gasteiger partial charge in [0.15, 0.2) is 0 Å². The molecule has 2 aliphatic heterocycles. The van der Waals surface area contributed by atoms with Crippen molar-refractivity contribution in [1.29, 1.82) is 0 Å². The number of benzene rings is 1. The molecule has 6 rings (SSSR count). The number of pyridine rings is 1. The molecule has 1 amide bonds. The van der Waals surface area contributed by atoms with Crippen LogP contribution in [0.5, 0.6) is 0 Å². The van der Waals surface area contributed by atoms with Crippen LogP contribution in [0.4, 0.5) is 13.2 Å². The molecule has 0 radical (unpaired) electrons. The summed E-state index contributed by atoms with van der Waals surface area (Å²) in [5.74, 6) is -0.0335. The van der Waals surface area contributed by atoms with Gasteiger partial charge in [-0.2, -0.15) is 18.3 Å². The van der Waals surface area contributed by atoms with E-state index in [9.17, 15) is 18.0 Å². The van der Waals surface area contributed by atoms with Gasteiger partial charge in [-0.25, -0.2) is 0 Å². The number of carbonyl (C=O) groups is 1. The highest BCUT2D eigenvalue weighted by atomic mass is 32.1. The largest absolute Gasteiger partial charge is 0.425 e. The Bertz CT molecular complexity index is 1420. The fraction of sp³-hybridized carbons (Fsp3) is 0.320. The number of aromatic nitrogens is 3. The van der Waals surface area contributed by atoms with Crippen molar-refractivity contribution in [1.82, 2.24) is 19.7 Å². The highest BCUT2D eigenvalue weighted by Crippen LogP contribution is 2.47. The first-order chi connectivity index (χ1) is 16.3. The Hall–Kier alpha value is -3.20. The Morgan fingerprint density at radius 1 is 1.15 bits per heavy atom. The molecule has 3 aromatic heterocycles. The van der Waals surface area contributed by atoms with E-state index in [1.165, 1.54) is 6.07 Å². The molecule has 0 unspecified atom stereocenters. The first kappa shape index (κ1) is 21.3. The van der Waals surface area contributed by atoms with Crippen LogP contribution in [0, 0.1) is 0 Å². The van der Waals surface area contributed by atoms with Crippen LogP contribution in [-0.2, 0) is 19.6 Å².